The van der Waals surface area contributed by atoms with Crippen molar-refractivity contribution in [2.75, 3.05) is 11.9 Å². The van der Waals surface area contributed by atoms with E-state index in [0.29, 0.717) is 26.9 Å². The molecular formula is C22H20ClNO4S. The van der Waals surface area contributed by atoms with Crippen molar-refractivity contribution in [2.45, 2.75) is 20.0 Å². The maximum Gasteiger partial charge on any atom is 0.341 e. The number of thiophene rings is 1. The molecule has 150 valence electrons. The van der Waals surface area contributed by atoms with Gasteiger partial charge in [-0.2, -0.15) is 0 Å². The van der Waals surface area contributed by atoms with Gasteiger partial charge in [-0.15, -0.1) is 11.3 Å². The lowest BCUT2D eigenvalue weighted by molar-refractivity contribution is -0.122. The van der Waals surface area contributed by atoms with Crippen LogP contribution in [0.1, 0.15) is 24.2 Å². The van der Waals surface area contributed by atoms with Crippen molar-refractivity contribution in [2.24, 2.45) is 0 Å². The van der Waals surface area contributed by atoms with Crippen LogP contribution in [0.2, 0.25) is 5.02 Å². The van der Waals surface area contributed by atoms with E-state index in [-0.39, 0.29) is 12.5 Å². The molecular weight excluding hydrogens is 410 g/mol. The van der Waals surface area contributed by atoms with Crippen molar-refractivity contribution in [1.29, 1.82) is 0 Å². The van der Waals surface area contributed by atoms with Crippen LogP contribution in [-0.4, -0.2) is 24.6 Å². The number of nitrogens with one attached hydrogen (secondary N) is 1. The van der Waals surface area contributed by atoms with Gasteiger partial charge in [0.05, 0.1) is 6.61 Å². The van der Waals surface area contributed by atoms with E-state index in [2.05, 4.69) is 5.32 Å². The average Bonchev–Trinajstić information content (AvgIpc) is 3.13. The number of anilines is 1. The molecule has 29 heavy (non-hydrogen) atoms. The number of rotatable bonds is 7. The molecule has 0 spiro atoms. The highest BCUT2D eigenvalue weighted by molar-refractivity contribution is 7.15. The standard InChI is InChI=1S/C22H20ClNO4S/c1-3-27-22(26)19-18(15-9-11-16(23)12-10-15)13-29-21(19)24-20(25)14(2)28-17-7-5-4-6-8-17/h4-14H,3H2,1-2H3,(H,24,25)/t14-/m1/s1. The third kappa shape index (κ3) is 5.16. The number of esters is 1. The van der Waals surface area contributed by atoms with E-state index in [1.165, 1.54) is 11.3 Å². The topological polar surface area (TPSA) is 64.6 Å². The van der Waals surface area contributed by atoms with Crippen LogP contribution < -0.4 is 10.1 Å². The molecule has 0 fully saturated rings. The maximum absolute atomic E-state index is 12.6. The molecule has 0 aliphatic rings. The van der Waals surface area contributed by atoms with Gasteiger partial charge in [0.15, 0.2) is 6.10 Å². The van der Waals surface area contributed by atoms with Crippen molar-refractivity contribution in [3.63, 3.8) is 0 Å². The lowest BCUT2D eigenvalue weighted by atomic mass is 10.0. The lowest BCUT2D eigenvalue weighted by Crippen LogP contribution is -2.30. The Kier molecular flexibility index (Phi) is 6.90. The zero-order valence-corrected chi connectivity index (χ0v) is 17.5. The fourth-order valence-electron chi connectivity index (χ4n) is 2.67. The maximum atomic E-state index is 12.6. The monoisotopic (exact) mass is 429 g/mol. The molecule has 2 aromatic carbocycles. The molecule has 1 aromatic heterocycles. The van der Waals surface area contributed by atoms with Crippen LogP contribution in [0.5, 0.6) is 5.75 Å². The van der Waals surface area contributed by atoms with E-state index in [4.69, 9.17) is 21.1 Å². The molecule has 1 atom stereocenters. The van der Waals surface area contributed by atoms with Crippen LogP contribution in [0.15, 0.2) is 60.0 Å². The summed E-state index contributed by atoms with van der Waals surface area (Å²) in [6.45, 7) is 3.62. The number of ether oxygens (including phenoxy) is 2. The van der Waals surface area contributed by atoms with Gasteiger partial charge in [-0.25, -0.2) is 4.79 Å². The minimum absolute atomic E-state index is 0.232. The zero-order chi connectivity index (χ0) is 20.8. The highest BCUT2D eigenvalue weighted by Crippen LogP contribution is 2.36. The van der Waals surface area contributed by atoms with Gasteiger partial charge in [0.25, 0.3) is 5.91 Å². The van der Waals surface area contributed by atoms with Crippen LogP contribution in [-0.2, 0) is 9.53 Å². The van der Waals surface area contributed by atoms with E-state index in [9.17, 15) is 9.59 Å². The molecule has 7 heteroatoms. The van der Waals surface area contributed by atoms with E-state index >= 15 is 0 Å². The molecule has 3 rings (SSSR count). The number of halogens is 1. The molecule has 5 nitrogen and oxygen atoms in total. The third-order valence-electron chi connectivity index (χ3n) is 4.09. The van der Waals surface area contributed by atoms with Gasteiger partial charge in [-0.1, -0.05) is 41.9 Å². The Hall–Kier alpha value is -2.83. The van der Waals surface area contributed by atoms with Gasteiger partial charge in [-0.05, 0) is 43.7 Å². The molecule has 0 unspecified atom stereocenters. The largest absolute Gasteiger partial charge is 0.481 e. The molecule has 3 aromatic rings. The molecule has 0 saturated carbocycles. The fraction of sp³-hybridized carbons (Fsp3) is 0.182. The summed E-state index contributed by atoms with van der Waals surface area (Å²) in [5.41, 5.74) is 1.80. The molecule has 1 heterocycles. The lowest BCUT2D eigenvalue weighted by Gasteiger charge is -2.15. The number of carbonyl (C=O) groups is 2. The first-order valence-corrected chi connectivity index (χ1v) is 10.3. The number of hydrogen-bond donors (Lipinski definition) is 1. The van der Waals surface area contributed by atoms with Gasteiger partial charge < -0.3 is 14.8 Å². The highest BCUT2D eigenvalue weighted by Gasteiger charge is 2.24. The van der Waals surface area contributed by atoms with E-state index < -0.39 is 12.1 Å². The minimum atomic E-state index is -0.742. The van der Waals surface area contributed by atoms with E-state index in [1.807, 2.05) is 35.7 Å². The Bertz CT molecular complexity index is 986. The zero-order valence-electron chi connectivity index (χ0n) is 16.0. The summed E-state index contributed by atoms with van der Waals surface area (Å²) in [6, 6.07) is 16.2. The molecule has 0 aliphatic heterocycles. The highest BCUT2D eigenvalue weighted by atomic mass is 35.5. The quantitative estimate of drug-likeness (QED) is 0.493. The normalized spacial score (nSPS) is 11.6. The third-order valence-corrected chi connectivity index (χ3v) is 5.24. The second-order valence-corrected chi connectivity index (χ2v) is 7.46. The number of hydrogen-bond acceptors (Lipinski definition) is 5. The van der Waals surface area contributed by atoms with Crippen LogP contribution >= 0.6 is 22.9 Å². The number of benzene rings is 2. The Labute approximate surface area is 178 Å². The second-order valence-electron chi connectivity index (χ2n) is 6.14. The molecule has 0 aliphatic carbocycles. The number of carbonyl (C=O) groups excluding carboxylic acids is 2. The SMILES string of the molecule is CCOC(=O)c1c(-c2ccc(Cl)cc2)csc1NC(=O)[C@@H](C)Oc1ccccc1. The Morgan fingerprint density at radius 1 is 1.10 bits per heavy atom. The van der Waals surface area contributed by atoms with E-state index in [1.54, 1.807) is 38.1 Å². The van der Waals surface area contributed by atoms with Gasteiger partial charge in [0.2, 0.25) is 0 Å². The number of para-hydroxylation sites is 1. The molecule has 0 bridgehead atoms. The van der Waals surface area contributed by atoms with Crippen molar-refractivity contribution >= 4 is 39.8 Å². The first-order valence-electron chi connectivity index (χ1n) is 9.06. The summed E-state index contributed by atoms with van der Waals surface area (Å²) < 4.78 is 10.9. The van der Waals surface area contributed by atoms with Crippen LogP contribution in [0.4, 0.5) is 5.00 Å². The molecule has 1 N–H and O–H groups in total. The van der Waals surface area contributed by atoms with Crippen LogP contribution in [0.3, 0.4) is 0 Å². The summed E-state index contributed by atoms with van der Waals surface area (Å²) in [4.78, 5) is 25.2. The van der Waals surface area contributed by atoms with Crippen molar-refractivity contribution in [1.82, 2.24) is 0 Å². The summed E-state index contributed by atoms with van der Waals surface area (Å²) in [6.07, 6.45) is -0.742. The van der Waals surface area contributed by atoms with Gasteiger partial charge >= 0.3 is 5.97 Å². The number of amides is 1. The molecule has 0 radical (unpaired) electrons. The average molecular weight is 430 g/mol. The summed E-state index contributed by atoms with van der Waals surface area (Å²) in [7, 11) is 0. The summed E-state index contributed by atoms with van der Waals surface area (Å²) in [5, 5.41) is 5.63. The summed E-state index contributed by atoms with van der Waals surface area (Å²) >= 11 is 7.23. The summed E-state index contributed by atoms with van der Waals surface area (Å²) in [5.74, 6) is -0.261. The molecule has 0 saturated heterocycles. The fourth-order valence-corrected chi connectivity index (χ4v) is 3.75. The van der Waals surface area contributed by atoms with Crippen molar-refractivity contribution < 1.29 is 19.1 Å². The van der Waals surface area contributed by atoms with Crippen LogP contribution in [0, 0.1) is 0 Å². The predicted octanol–water partition coefficient (Wildman–Crippen LogP) is 5.65. The Morgan fingerprint density at radius 3 is 2.45 bits per heavy atom. The van der Waals surface area contributed by atoms with Gasteiger partial charge in [0.1, 0.15) is 16.3 Å². The molecule has 1 amide bonds. The first kappa shape index (κ1) is 20.9. The first-order chi connectivity index (χ1) is 14.0. The second kappa shape index (κ2) is 9.58. The van der Waals surface area contributed by atoms with Crippen molar-refractivity contribution in [3.05, 3.63) is 70.6 Å². The smallest absolute Gasteiger partial charge is 0.341 e. The van der Waals surface area contributed by atoms with Crippen molar-refractivity contribution in [3.8, 4) is 16.9 Å². The Balaban J connectivity index is 1.85. The predicted molar refractivity (Wildman–Crippen MR) is 116 cm³/mol. The minimum Gasteiger partial charge on any atom is -0.481 e. The Morgan fingerprint density at radius 2 is 1.79 bits per heavy atom. The van der Waals surface area contributed by atoms with Gasteiger partial charge in [0, 0.05) is 16.0 Å². The van der Waals surface area contributed by atoms with E-state index in [0.717, 1.165) is 5.56 Å². The van der Waals surface area contributed by atoms with Crippen LogP contribution in [0.25, 0.3) is 11.1 Å². The van der Waals surface area contributed by atoms with Gasteiger partial charge in [-0.3, -0.25) is 4.79 Å².